The van der Waals surface area contributed by atoms with Gasteiger partial charge in [0.2, 0.25) is 0 Å². The van der Waals surface area contributed by atoms with Crippen LogP contribution in [0.25, 0.3) is 22.0 Å². The molecule has 0 N–H and O–H groups in total. The zero-order valence-corrected chi connectivity index (χ0v) is 13.7. The van der Waals surface area contributed by atoms with Gasteiger partial charge in [-0.3, -0.25) is 0 Å². The van der Waals surface area contributed by atoms with Crippen LogP contribution in [0.15, 0.2) is 48.7 Å². The van der Waals surface area contributed by atoms with Crippen molar-refractivity contribution < 1.29 is 21.1 Å². The molecule has 0 saturated heterocycles. The van der Waals surface area contributed by atoms with Gasteiger partial charge in [-0.15, -0.1) is 35.4 Å². The molecule has 4 rings (SSSR count). The fourth-order valence-electron chi connectivity index (χ4n) is 3.24. The molecule has 0 radical (unpaired) electrons. The Labute approximate surface area is 133 Å². The van der Waals surface area contributed by atoms with Crippen LogP contribution in [0.1, 0.15) is 25.0 Å². The summed E-state index contributed by atoms with van der Waals surface area (Å²) in [5.41, 5.74) is 4.90. The van der Waals surface area contributed by atoms with Crippen LogP contribution in [0.4, 0.5) is 0 Å². The minimum absolute atomic E-state index is 0. The molecule has 1 aliphatic carbocycles. The molecule has 20 heavy (non-hydrogen) atoms. The summed E-state index contributed by atoms with van der Waals surface area (Å²) < 4.78 is 0. The van der Waals surface area contributed by atoms with Gasteiger partial charge in [-0.2, -0.15) is 0 Å². The predicted octanol–water partition coefficient (Wildman–Crippen LogP) is 4.34. The molecule has 0 amide bonds. The van der Waals surface area contributed by atoms with E-state index in [2.05, 4.69) is 61.3 Å². The summed E-state index contributed by atoms with van der Waals surface area (Å²) >= 11 is 0. The Morgan fingerprint density at radius 3 is 2.65 bits per heavy atom. The molecule has 2 aromatic carbocycles. The molecular formula is C18H14NPt-. The predicted molar refractivity (Wildman–Crippen MR) is 78.1 cm³/mol. The second-order valence-electron chi connectivity index (χ2n) is 5.65. The van der Waals surface area contributed by atoms with Gasteiger partial charge < -0.3 is 4.98 Å². The average molecular weight is 439 g/mol. The van der Waals surface area contributed by atoms with Crippen LogP contribution in [0.5, 0.6) is 0 Å². The van der Waals surface area contributed by atoms with E-state index >= 15 is 0 Å². The SMILES string of the molecule is CC1(C)c2ccc[c-]c2-c2nccc3cccc1c23.[Pt]. The molecular weight excluding hydrogens is 425 g/mol. The van der Waals surface area contributed by atoms with Gasteiger partial charge in [-0.1, -0.05) is 32.0 Å². The Balaban J connectivity index is 0.00000121. The van der Waals surface area contributed by atoms with E-state index in [9.17, 15) is 0 Å². The summed E-state index contributed by atoms with van der Waals surface area (Å²) in [5, 5.41) is 2.54. The van der Waals surface area contributed by atoms with Gasteiger partial charge in [-0.25, -0.2) is 0 Å². The molecule has 1 aliphatic rings. The maximum absolute atomic E-state index is 4.61. The van der Waals surface area contributed by atoms with E-state index in [0.717, 1.165) is 11.3 Å². The molecule has 0 spiro atoms. The summed E-state index contributed by atoms with van der Waals surface area (Å²) in [6, 6.07) is 18.2. The van der Waals surface area contributed by atoms with E-state index in [1.54, 1.807) is 0 Å². The molecule has 0 aliphatic heterocycles. The number of benzene rings is 2. The number of hydrogen-bond acceptors (Lipinski definition) is 1. The Morgan fingerprint density at radius 1 is 1.00 bits per heavy atom. The molecule has 1 nitrogen and oxygen atoms in total. The monoisotopic (exact) mass is 439 g/mol. The normalized spacial score (nSPS) is 14.5. The fraction of sp³-hybridized carbons (Fsp3) is 0.167. The molecule has 0 fully saturated rings. The van der Waals surface area contributed by atoms with Gasteiger partial charge in [-0.05, 0) is 33.5 Å². The smallest absolute Gasteiger partial charge is 0.0167 e. The van der Waals surface area contributed by atoms with E-state index < -0.39 is 0 Å². The van der Waals surface area contributed by atoms with Crippen LogP contribution in [-0.4, -0.2) is 4.98 Å². The molecule has 0 bridgehead atoms. The Morgan fingerprint density at radius 2 is 1.80 bits per heavy atom. The Bertz CT molecular complexity index is 800. The first-order chi connectivity index (χ1) is 9.19. The van der Waals surface area contributed by atoms with Gasteiger partial charge in [0.15, 0.2) is 0 Å². The first-order valence-electron chi connectivity index (χ1n) is 6.59. The summed E-state index contributed by atoms with van der Waals surface area (Å²) in [6.07, 6.45) is 1.89. The van der Waals surface area contributed by atoms with Crippen molar-refractivity contribution in [1.82, 2.24) is 4.98 Å². The van der Waals surface area contributed by atoms with Gasteiger partial charge >= 0.3 is 0 Å². The van der Waals surface area contributed by atoms with E-state index in [1.807, 2.05) is 12.3 Å². The molecule has 0 saturated carbocycles. The molecule has 3 aromatic rings. The topological polar surface area (TPSA) is 12.9 Å². The number of nitrogens with zero attached hydrogens (tertiary/aromatic N) is 1. The Hall–Kier alpha value is -1.46. The number of aromatic nitrogens is 1. The van der Waals surface area contributed by atoms with Crippen molar-refractivity contribution in [3.8, 4) is 11.3 Å². The summed E-state index contributed by atoms with van der Waals surface area (Å²) in [4.78, 5) is 4.61. The molecule has 1 aromatic heterocycles. The van der Waals surface area contributed by atoms with Crippen molar-refractivity contribution in [1.29, 1.82) is 0 Å². The minimum Gasteiger partial charge on any atom is -0.304 e. The third kappa shape index (κ3) is 1.63. The molecule has 0 unspecified atom stereocenters. The summed E-state index contributed by atoms with van der Waals surface area (Å²) in [5.74, 6) is 0. The zero-order chi connectivity index (χ0) is 13.0. The third-order valence-electron chi connectivity index (χ3n) is 4.23. The summed E-state index contributed by atoms with van der Waals surface area (Å²) in [6.45, 7) is 4.56. The molecule has 2 heteroatoms. The second-order valence-corrected chi connectivity index (χ2v) is 5.65. The van der Waals surface area contributed by atoms with E-state index in [-0.39, 0.29) is 26.5 Å². The van der Waals surface area contributed by atoms with Gasteiger partial charge in [0.05, 0.1) is 0 Å². The van der Waals surface area contributed by atoms with E-state index in [4.69, 9.17) is 0 Å². The van der Waals surface area contributed by atoms with Crippen LogP contribution < -0.4 is 0 Å². The second kappa shape index (κ2) is 4.53. The van der Waals surface area contributed by atoms with Crippen LogP contribution in [0, 0.1) is 6.07 Å². The van der Waals surface area contributed by atoms with Gasteiger partial charge in [0, 0.05) is 27.3 Å². The van der Waals surface area contributed by atoms with Crippen LogP contribution in [0.2, 0.25) is 0 Å². The summed E-state index contributed by atoms with van der Waals surface area (Å²) in [7, 11) is 0. The van der Waals surface area contributed by atoms with Crippen LogP contribution >= 0.6 is 0 Å². The maximum atomic E-state index is 4.61. The zero-order valence-electron chi connectivity index (χ0n) is 11.4. The van der Waals surface area contributed by atoms with Crippen molar-refractivity contribution >= 4 is 10.8 Å². The van der Waals surface area contributed by atoms with Crippen molar-refractivity contribution in [2.45, 2.75) is 19.3 Å². The van der Waals surface area contributed by atoms with E-state index in [1.165, 1.54) is 21.9 Å². The number of hydrogen-bond donors (Lipinski definition) is 0. The van der Waals surface area contributed by atoms with Crippen molar-refractivity contribution in [2.24, 2.45) is 0 Å². The van der Waals surface area contributed by atoms with E-state index in [0.29, 0.717) is 0 Å². The first kappa shape index (κ1) is 13.5. The van der Waals surface area contributed by atoms with Crippen LogP contribution in [-0.2, 0) is 26.5 Å². The third-order valence-corrected chi connectivity index (χ3v) is 4.23. The first-order valence-corrected chi connectivity index (χ1v) is 6.59. The maximum Gasteiger partial charge on any atom is 0.0167 e. The van der Waals surface area contributed by atoms with Crippen molar-refractivity contribution in [3.63, 3.8) is 0 Å². The quantitative estimate of drug-likeness (QED) is 0.475. The standard InChI is InChI=1S/C18H14N.Pt/c1-18(2)14-8-4-3-7-13(14)17-16-12(10-11-19-17)6-5-9-15(16)18;/h3-6,8-11H,1-2H3;/q-1;. The molecule has 0 atom stereocenters. The molecule has 1 heterocycles. The van der Waals surface area contributed by atoms with Crippen LogP contribution in [0.3, 0.4) is 0 Å². The number of rotatable bonds is 0. The largest absolute Gasteiger partial charge is 0.304 e. The van der Waals surface area contributed by atoms with Gasteiger partial charge in [0.1, 0.15) is 0 Å². The average Bonchev–Trinajstić information content (AvgIpc) is 2.45. The van der Waals surface area contributed by atoms with Gasteiger partial charge in [0.25, 0.3) is 0 Å². The Kier molecular flexibility index (Phi) is 3.06. The minimum atomic E-state index is 0. The molecule has 102 valence electrons. The van der Waals surface area contributed by atoms with Crippen molar-refractivity contribution in [3.05, 3.63) is 65.9 Å². The number of pyridine rings is 1. The number of fused-ring (bicyclic) bond motifs is 2. The fourth-order valence-corrected chi connectivity index (χ4v) is 3.24. The van der Waals surface area contributed by atoms with Crippen molar-refractivity contribution in [2.75, 3.05) is 0 Å².